The molecule has 2 heterocycles. The molecule has 2 aromatic rings. The van der Waals surface area contributed by atoms with Crippen molar-refractivity contribution in [3.8, 4) is 11.3 Å². The molecule has 6 heteroatoms. The van der Waals surface area contributed by atoms with Crippen LogP contribution in [0.4, 0.5) is 5.69 Å². The average molecular weight is 288 g/mol. The van der Waals surface area contributed by atoms with Gasteiger partial charge in [-0.25, -0.2) is 9.78 Å². The minimum atomic E-state index is -1.01. The van der Waals surface area contributed by atoms with Crippen LogP contribution >= 0.6 is 11.3 Å². The highest BCUT2D eigenvalue weighted by Crippen LogP contribution is 2.34. The number of carbonyl (C=O) groups is 2. The normalized spacial score (nSPS) is 13.7. The number of likely N-dealkylation sites (N-methyl/N-ethyl adjacent to an activating group) is 1. The van der Waals surface area contributed by atoms with Gasteiger partial charge >= 0.3 is 5.97 Å². The van der Waals surface area contributed by atoms with Crippen LogP contribution in [0.2, 0.25) is 0 Å². The van der Waals surface area contributed by atoms with Crippen molar-refractivity contribution in [3.05, 3.63) is 33.6 Å². The maximum absolute atomic E-state index is 11.7. The van der Waals surface area contributed by atoms with Gasteiger partial charge in [0, 0.05) is 23.2 Å². The number of carboxylic acid groups (broad SMARTS) is 1. The molecule has 0 atom stereocenters. The monoisotopic (exact) mass is 288 g/mol. The number of aromatic carboxylic acids is 1. The number of aryl methyl sites for hydroxylation is 1. The molecule has 0 aliphatic carbocycles. The molecule has 1 amide bonds. The molecule has 0 saturated carbocycles. The largest absolute Gasteiger partial charge is 0.476 e. The zero-order valence-electron chi connectivity index (χ0n) is 11.0. The lowest BCUT2D eigenvalue weighted by Crippen LogP contribution is -2.20. The fourth-order valence-corrected chi connectivity index (χ4v) is 3.15. The Morgan fingerprint density at radius 2 is 2.20 bits per heavy atom. The predicted octanol–water partition coefficient (Wildman–Crippen LogP) is 2.34. The first kappa shape index (κ1) is 12.8. The summed E-state index contributed by atoms with van der Waals surface area (Å²) >= 11 is 1.16. The second-order valence-corrected chi connectivity index (χ2v) is 5.91. The molecule has 1 N–H and O–H groups in total. The lowest BCUT2D eigenvalue weighted by atomic mass is 10.1. The molecule has 102 valence electrons. The number of rotatable bonds is 2. The number of nitrogens with zero attached hydrogens (tertiary/aromatic N) is 2. The summed E-state index contributed by atoms with van der Waals surface area (Å²) in [6.07, 6.45) is 0.384. The SMILES string of the molecule is Cc1sc(C(=O)O)nc1-c1ccc2c(c1)CC(=O)N2C. The molecule has 1 aliphatic heterocycles. The number of amides is 1. The van der Waals surface area contributed by atoms with Gasteiger partial charge in [-0.2, -0.15) is 0 Å². The summed E-state index contributed by atoms with van der Waals surface area (Å²) in [5.74, 6) is -0.946. The molecule has 0 spiro atoms. The Kier molecular flexibility index (Phi) is 2.83. The molecule has 0 fully saturated rings. The molecular weight excluding hydrogens is 276 g/mol. The summed E-state index contributed by atoms with van der Waals surface area (Å²) in [6, 6.07) is 5.68. The van der Waals surface area contributed by atoms with E-state index in [2.05, 4.69) is 4.98 Å². The van der Waals surface area contributed by atoms with Crippen molar-refractivity contribution in [3.63, 3.8) is 0 Å². The van der Waals surface area contributed by atoms with Gasteiger partial charge in [-0.3, -0.25) is 4.79 Å². The van der Waals surface area contributed by atoms with Gasteiger partial charge in [0.05, 0.1) is 12.1 Å². The van der Waals surface area contributed by atoms with Crippen molar-refractivity contribution in [2.24, 2.45) is 0 Å². The Bertz CT molecular complexity index is 736. The zero-order valence-corrected chi connectivity index (χ0v) is 11.8. The van der Waals surface area contributed by atoms with Crippen LogP contribution in [-0.4, -0.2) is 29.0 Å². The fourth-order valence-electron chi connectivity index (χ4n) is 2.37. The van der Waals surface area contributed by atoms with Crippen molar-refractivity contribution in [2.75, 3.05) is 11.9 Å². The highest BCUT2D eigenvalue weighted by atomic mass is 32.1. The number of carboxylic acids is 1. The van der Waals surface area contributed by atoms with E-state index >= 15 is 0 Å². The third kappa shape index (κ3) is 1.89. The Hall–Kier alpha value is -2.21. The third-order valence-electron chi connectivity index (χ3n) is 3.41. The number of fused-ring (bicyclic) bond motifs is 1. The van der Waals surface area contributed by atoms with E-state index in [0.717, 1.165) is 33.0 Å². The van der Waals surface area contributed by atoms with Gasteiger partial charge in [0.2, 0.25) is 10.9 Å². The maximum atomic E-state index is 11.7. The van der Waals surface area contributed by atoms with Crippen molar-refractivity contribution in [1.82, 2.24) is 4.98 Å². The number of thiazole rings is 1. The molecule has 20 heavy (non-hydrogen) atoms. The Labute approximate surface area is 119 Å². The van der Waals surface area contributed by atoms with Gasteiger partial charge in [-0.1, -0.05) is 6.07 Å². The number of aromatic nitrogens is 1. The van der Waals surface area contributed by atoms with E-state index in [1.807, 2.05) is 25.1 Å². The second-order valence-electron chi connectivity index (χ2n) is 4.70. The van der Waals surface area contributed by atoms with Crippen molar-refractivity contribution < 1.29 is 14.7 Å². The van der Waals surface area contributed by atoms with Crippen LogP contribution in [0, 0.1) is 6.92 Å². The van der Waals surface area contributed by atoms with Gasteiger partial charge in [-0.15, -0.1) is 11.3 Å². The summed E-state index contributed by atoms with van der Waals surface area (Å²) in [4.78, 5) is 29.3. The summed E-state index contributed by atoms with van der Waals surface area (Å²) in [5, 5.41) is 9.08. The lowest BCUT2D eigenvalue weighted by molar-refractivity contribution is -0.117. The second kappa shape index (κ2) is 4.42. The number of benzene rings is 1. The van der Waals surface area contributed by atoms with Crippen LogP contribution in [0.1, 0.15) is 20.2 Å². The minimum absolute atomic E-state index is 0.0679. The number of hydrogen-bond donors (Lipinski definition) is 1. The molecule has 0 bridgehead atoms. The van der Waals surface area contributed by atoms with Crippen LogP contribution in [0.15, 0.2) is 18.2 Å². The fraction of sp³-hybridized carbons (Fsp3) is 0.214. The molecule has 3 rings (SSSR count). The van der Waals surface area contributed by atoms with Crippen LogP contribution < -0.4 is 4.90 Å². The molecule has 1 aromatic heterocycles. The van der Waals surface area contributed by atoms with E-state index in [4.69, 9.17) is 5.11 Å². The zero-order chi connectivity index (χ0) is 14.4. The maximum Gasteiger partial charge on any atom is 0.365 e. The van der Waals surface area contributed by atoms with Gasteiger partial charge in [0.25, 0.3) is 0 Å². The number of hydrogen-bond acceptors (Lipinski definition) is 4. The van der Waals surface area contributed by atoms with Gasteiger partial charge in [-0.05, 0) is 24.6 Å². The standard InChI is InChI=1S/C14H12N2O3S/c1-7-12(15-13(20-7)14(18)19)8-3-4-10-9(5-8)6-11(17)16(10)2/h3-5H,6H2,1-2H3,(H,18,19). The minimum Gasteiger partial charge on any atom is -0.476 e. The molecule has 5 nitrogen and oxygen atoms in total. The summed E-state index contributed by atoms with van der Waals surface area (Å²) in [7, 11) is 1.75. The summed E-state index contributed by atoms with van der Waals surface area (Å²) in [5.41, 5.74) is 3.40. The highest BCUT2D eigenvalue weighted by Gasteiger charge is 2.25. The Morgan fingerprint density at radius 3 is 2.85 bits per heavy atom. The molecule has 1 aliphatic rings. The van der Waals surface area contributed by atoms with E-state index < -0.39 is 5.97 Å². The van der Waals surface area contributed by atoms with Crippen molar-refractivity contribution in [1.29, 1.82) is 0 Å². The van der Waals surface area contributed by atoms with Crippen LogP contribution in [0.5, 0.6) is 0 Å². The summed E-state index contributed by atoms with van der Waals surface area (Å²) in [6.45, 7) is 1.85. The van der Waals surface area contributed by atoms with E-state index in [1.54, 1.807) is 11.9 Å². The molecule has 1 aromatic carbocycles. The number of anilines is 1. The topological polar surface area (TPSA) is 70.5 Å². The summed E-state index contributed by atoms with van der Waals surface area (Å²) < 4.78 is 0. The first-order valence-electron chi connectivity index (χ1n) is 6.08. The highest BCUT2D eigenvalue weighted by molar-refractivity contribution is 7.13. The third-order valence-corrected chi connectivity index (χ3v) is 4.37. The average Bonchev–Trinajstić information content (AvgIpc) is 2.91. The molecule has 0 saturated heterocycles. The van der Waals surface area contributed by atoms with E-state index in [1.165, 1.54) is 0 Å². The Balaban J connectivity index is 2.07. The van der Waals surface area contributed by atoms with Gasteiger partial charge < -0.3 is 10.0 Å². The first-order chi connectivity index (χ1) is 9.47. The lowest BCUT2D eigenvalue weighted by Gasteiger charge is -2.10. The first-order valence-corrected chi connectivity index (χ1v) is 6.89. The van der Waals surface area contributed by atoms with E-state index in [-0.39, 0.29) is 10.9 Å². The predicted molar refractivity (Wildman–Crippen MR) is 76.4 cm³/mol. The van der Waals surface area contributed by atoms with E-state index in [9.17, 15) is 9.59 Å². The van der Waals surface area contributed by atoms with E-state index in [0.29, 0.717) is 12.1 Å². The van der Waals surface area contributed by atoms with Gasteiger partial charge in [0.1, 0.15) is 0 Å². The Morgan fingerprint density at radius 1 is 1.45 bits per heavy atom. The number of carbonyl (C=O) groups excluding carboxylic acids is 1. The van der Waals surface area contributed by atoms with Crippen LogP contribution in [0.25, 0.3) is 11.3 Å². The van der Waals surface area contributed by atoms with Crippen molar-refractivity contribution in [2.45, 2.75) is 13.3 Å². The quantitative estimate of drug-likeness (QED) is 0.920. The molecule has 0 unspecified atom stereocenters. The van der Waals surface area contributed by atoms with Crippen LogP contribution in [0.3, 0.4) is 0 Å². The van der Waals surface area contributed by atoms with Crippen LogP contribution in [-0.2, 0) is 11.2 Å². The van der Waals surface area contributed by atoms with Gasteiger partial charge in [0.15, 0.2) is 0 Å². The smallest absolute Gasteiger partial charge is 0.365 e. The molecular formula is C14H12N2O3S. The molecule has 0 radical (unpaired) electrons. The van der Waals surface area contributed by atoms with Crippen molar-refractivity contribution >= 4 is 28.9 Å².